The van der Waals surface area contributed by atoms with E-state index in [0.29, 0.717) is 22.0 Å². The second-order valence-corrected chi connectivity index (χ2v) is 3.76. The van der Waals surface area contributed by atoms with Crippen LogP contribution in [0.2, 0.25) is 0 Å². The lowest BCUT2D eigenvalue weighted by molar-refractivity contribution is 0.0597. The Morgan fingerprint density at radius 3 is 2.38 bits per heavy atom. The number of ether oxygens (including phenoxy) is 1. The van der Waals surface area contributed by atoms with E-state index < -0.39 is 11.9 Å². The zero-order valence-corrected chi connectivity index (χ0v) is 10.5. The summed E-state index contributed by atoms with van der Waals surface area (Å²) in [5.41, 5.74) is 1.81. The lowest BCUT2D eigenvalue weighted by atomic mass is 9.98. The summed E-state index contributed by atoms with van der Waals surface area (Å²) in [6.07, 6.45) is 0. The third kappa shape index (κ3) is 2.24. The molecule has 1 aromatic carbocycles. The van der Waals surface area contributed by atoms with E-state index in [1.54, 1.807) is 6.92 Å². The third-order valence-corrected chi connectivity index (χ3v) is 2.93. The number of hydrogen-bond donors (Lipinski definition) is 1. The maximum Gasteiger partial charge on any atom is 0.338 e. The molecule has 0 saturated carbocycles. The normalized spacial score (nSPS) is 9.94. The highest BCUT2D eigenvalue weighted by Crippen LogP contribution is 2.22. The van der Waals surface area contributed by atoms with E-state index in [2.05, 4.69) is 20.7 Å². The van der Waals surface area contributed by atoms with Crippen LogP contribution in [-0.4, -0.2) is 24.2 Å². The number of rotatable bonds is 3. The Balaban J connectivity index is 3.40. The van der Waals surface area contributed by atoms with Gasteiger partial charge in [-0.25, -0.2) is 9.59 Å². The quantitative estimate of drug-likeness (QED) is 0.684. The molecule has 0 heterocycles. The second kappa shape index (κ2) is 5.12. The average Bonchev–Trinajstić information content (AvgIpc) is 2.26. The molecular formula is C11H11BrO4. The van der Waals surface area contributed by atoms with Gasteiger partial charge in [0, 0.05) is 5.33 Å². The fourth-order valence-corrected chi connectivity index (χ4v) is 2.18. The Kier molecular flexibility index (Phi) is 4.06. The topological polar surface area (TPSA) is 63.6 Å². The molecule has 1 rings (SSSR count). The van der Waals surface area contributed by atoms with Crippen LogP contribution in [-0.2, 0) is 10.1 Å². The van der Waals surface area contributed by atoms with Crippen molar-refractivity contribution in [3.05, 3.63) is 34.4 Å². The minimum Gasteiger partial charge on any atom is -0.478 e. The van der Waals surface area contributed by atoms with E-state index in [9.17, 15) is 9.59 Å². The minimum atomic E-state index is -1.00. The molecule has 0 amide bonds. The van der Waals surface area contributed by atoms with E-state index in [0.717, 1.165) is 0 Å². The predicted molar refractivity (Wildman–Crippen MR) is 62.1 cm³/mol. The first-order valence-electron chi connectivity index (χ1n) is 4.53. The summed E-state index contributed by atoms with van der Waals surface area (Å²) in [5, 5.41) is 9.35. The van der Waals surface area contributed by atoms with Crippen LogP contribution in [0.25, 0.3) is 0 Å². The zero-order chi connectivity index (χ0) is 12.3. The standard InChI is InChI=1S/C11H11BrO4/c1-6-7(10(13)14)3-4-8(9(6)5-12)11(15)16-2/h3-4H,5H2,1-2H3,(H,13,14). The van der Waals surface area contributed by atoms with Crippen LogP contribution >= 0.6 is 15.9 Å². The third-order valence-electron chi connectivity index (χ3n) is 2.37. The fraction of sp³-hybridized carbons (Fsp3) is 0.273. The summed E-state index contributed by atoms with van der Waals surface area (Å²) >= 11 is 3.24. The number of halogens is 1. The van der Waals surface area contributed by atoms with Crippen molar-refractivity contribution in [2.24, 2.45) is 0 Å². The Bertz CT molecular complexity index is 440. The smallest absolute Gasteiger partial charge is 0.338 e. The van der Waals surface area contributed by atoms with Gasteiger partial charge in [-0.3, -0.25) is 0 Å². The summed E-state index contributed by atoms with van der Waals surface area (Å²) in [4.78, 5) is 22.3. The van der Waals surface area contributed by atoms with Crippen molar-refractivity contribution in [3.8, 4) is 0 Å². The van der Waals surface area contributed by atoms with Gasteiger partial charge in [0.05, 0.1) is 18.2 Å². The van der Waals surface area contributed by atoms with Crippen molar-refractivity contribution < 1.29 is 19.4 Å². The summed E-state index contributed by atoms with van der Waals surface area (Å²) in [6.45, 7) is 1.67. The Hall–Kier alpha value is -1.36. The summed E-state index contributed by atoms with van der Waals surface area (Å²) in [6, 6.07) is 2.88. The molecule has 0 unspecified atom stereocenters. The van der Waals surface area contributed by atoms with Crippen molar-refractivity contribution in [1.29, 1.82) is 0 Å². The highest BCUT2D eigenvalue weighted by atomic mass is 79.9. The molecule has 0 aliphatic carbocycles. The average molecular weight is 287 g/mol. The number of hydrogen-bond acceptors (Lipinski definition) is 3. The molecule has 1 N–H and O–H groups in total. The molecule has 0 spiro atoms. The van der Waals surface area contributed by atoms with Crippen molar-refractivity contribution >= 4 is 27.9 Å². The summed E-state index contributed by atoms with van der Waals surface area (Å²) in [7, 11) is 1.29. The van der Waals surface area contributed by atoms with Gasteiger partial charge in [-0.15, -0.1) is 0 Å². The van der Waals surface area contributed by atoms with E-state index in [-0.39, 0.29) is 5.56 Å². The summed E-state index contributed by atoms with van der Waals surface area (Å²) in [5.74, 6) is -1.47. The first kappa shape index (κ1) is 12.7. The molecule has 4 nitrogen and oxygen atoms in total. The van der Waals surface area contributed by atoms with Crippen molar-refractivity contribution in [2.75, 3.05) is 7.11 Å². The lowest BCUT2D eigenvalue weighted by Gasteiger charge is -2.10. The van der Waals surface area contributed by atoms with E-state index in [4.69, 9.17) is 5.11 Å². The van der Waals surface area contributed by atoms with E-state index in [1.807, 2.05) is 0 Å². The number of carboxylic acids is 1. The highest BCUT2D eigenvalue weighted by Gasteiger charge is 2.17. The van der Waals surface area contributed by atoms with Crippen molar-refractivity contribution in [3.63, 3.8) is 0 Å². The van der Waals surface area contributed by atoms with E-state index >= 15 is 0 Å². The number of aromatic carboxylic acids is 1. The molecule has 5 heteroatoms. The molecule has 0 radical (unpaired) electrons. The first-order valence-corrected chi connectivity index (χ1v) is 5.65. The Labute approximate surface area is 101 Å². The van der Waals surface area contributed by atoms with Gasteiger partial charge in [0.2, 0.25) is 0 Å². The number of carboxylic acid groups (broad SMARTS) is 1. The lowest BCUT2D eigenvalue weighted by Crippen LogP contribution is -2.10. The fourth-order valence-electron chi connectivity index (χ4n) is 1.46. The van der Waals surface area contributed by atoms with Gasteiger partial charge in [-0.2, -0.15) is 0 Å². The van der Waals surface area contributed by atoms with Gasteiger partial charge in [0.15, 0.2) is 0 Å². The number of alkyl halides is 1. The largest absolute Gasteiger partial charge is 0.478 e. The molecule has 86 valence electrons. The van der Waals surface area contributed by atoms with Crippen LogP contribution < -0.4 is 0 Å². The first-order chi connectivity index (χ1) is 7.52. The molecule has 0 aromatic heterocycles. The molecule has 0 saturated heterocycles. The van der Waals surface area contributed by atoms with Gasteiger partial charge in [-0.1, -0.05) is 15.9 Å². The number of carbonyl (C=O) groups excluding carboxylic acids is 1. The van der Waals surface area contributed by atoms with Crippen molar-refractivity contribution in [2.45, 2.75) is 12.3 Å². The van der Waals surface area contributed by atoms with Crippen LogP contribution in [0.3, 0.4) is 0 Å². The van der Waals surface area contributed by atoms with Gasteiger partial charge in [-0.05, 0) is 30.2 Å². The highest BCUT2D eigenvalue weighted by molar-refractivity contribution is 9.08. The molecule has 0 atom stereocenters. The Morgan fingerprint density at radius 1 is 1.38 bits per heavy atom. The molecule has 0 aliphatic heterocycles. The molecule has 1 aromatic rings. The van der Waals surface area contributed by atoms with Crippen LogP contribution in [0.15, 0.2) is 12.1 Å². The number of methoxy groups -OCH3 is 1. The predicted octanol–water partition coefficient (Wildman–Crippen LogP) is 2.37. The Morgan fingerprint density at radius 2 is 1.94 bits per heavy atom. The number of esters is 1. The van der Waals surface area contributed by atoms with Crippen LogP contribution in [0.4, 0.5) is 0 Å². The molecule has 0 aliphatic rings. The number of benzene rings is 1. The van der Waals surface area contributed by atoms with Crippen LogP contribution in [0, 0.1) is 6.92 Å². The monoisotopic (exact) mass is 286 g/mol. The number of carbonyl (C=O) groups is 2. The zero-order valence-electron chi connectivity index (χ0n) is 8.91. The van der Waals surface area contributed by atoms with Gasteiger partial charge < -0.3 is 9.84 Å². The molecule has 16 heavy (non-hydrogen) atoms. The molecule has 0 bridgehead atoms. The SMILES string of the molecule is COC(=O)c1ccc(C(=O)O)c(C)c1CBr. The van der Waals surface area contributed by atoms with Crippen LogP contribution in [0.1, 0.15) is 31.8 Å². The molecule has 0 fully saturated rings. The van der Waals surface area contributed by atoms with Gasteiger partial charge in [0.1, 0.15) is 0 Å². The van der Waals surface area contributed by atoms with Crippen LogP contribution in [0.5, 0.6) is 0 Å². The van der Waals surface area contributed by atoms with Gasteiger partial charge >= 0.3 is 11.9 Å². The maximum absolute atomic E-state index is 11.4. The van der Waals surface area contributed by atoms with Gasteiger partial charge in [0.25, 0.3) is 0 Å². The second-order valence-electron chi connectivity index (χ2n) is 3.19. The maximum atomic E-state index is 11.4. The minimum absolute atomic E-state index is 0.196. The van der Waals surface area contributed by atoms with E-state index in [1.165, 1.54) is 19.2 Å². The van der Waals surface area contributed by atoms with Crippen molar-refractivity contribution in [1.82, 2.24) is 0 Å². The molecular weight excluding hydrogens is 276 g/mol. The summed E-state index contributed by atoms with van der Waals surface area (Å²) < 4.78 is 4.63.